The van der Waals surface area contributed by atoms with E-state index in [0.29, 0.717) is 11.3 Å². The number of hydrogen-bond donors (Lipinski definition) is 0. The van der Waals surface area contributed by atoms with E-state index < -0.39 is 0 Å². The summed E-state index contributed by atoms with van der Waals surface area (Å²) in [6.45, 7) is 4.13. The summed E-state index contributed by atoms with van der Waals surface area (Å²) in [5.41, 5.74) is 1.72. The van der Waals surface area contributed by atoms with Crippen LogP contribution in [0.1, 0.15) is 50.4 Å². The average molecular weight is 327 g/mol. The van der Waals surface area contributed by atoms with E-state index in [4.69, 9.17) is 11.6 Å². The first kappa shape index (κ1) is 15.2. The van der Waals surface area contributed by atoms with Crippen molar-refractivity contribution < 1.29 is 4.39 Å². The molecule has 0 spiro atoms. The lowest BCUT2D eigenvalue weighted by atomic mass is 10.2. The minimum absolute atomic E-state index is 0.173. The quantitative estimate of drug-likeness (QED) is 0.707. The van der Waals surface area contributed by atoms with Crippen molar-refractivity contribution in [2.75, 3.05) is 5.75 Å². The summed E-state index contributed by atoms with van der Waals surface area (Å²) in [4.78, 5) is 4.65. The zero-order valence-corrected chi connectivity index (χ0v) is 13.9. The van der Waals surface area contributed by atoms with Crippen molar-refractivity contribution in [2.45, 2.75) is 49.8 Å². The molecular formula is C16H20ClFN2S. The number of fused-ring (bicyclic) bond motifs is 1. The molecular weight excluding hydrogens is 307 g/mol. The van der Waals surface area contributed by atoms with Gasteiger partial charge in [0.1, 0.15) is 11.6 Å². The first-order valence-electron chi connectivity index (χ1n) is 7.55. The summed E-state index contributed by atoms with van der Waals surface area (Å²) >= 11 is 8.33. The third kappa shape index (κ3) is 2.80. The maximum Gasteiger partial charge on any atom is 0.128 e. The Morgan fingerprint density at radius 2 is 2.29 bits per heavy atom. The number of benzene rings is 1. The van der Waals surface area contributed by atoms with Crippen LogP contribution in [-0.2, 0) is 0 Å². The molecule has 0 N–H and O–H groups in total. The predicted molar refractivity (Wildman–Crippen MR) is 88.8 cm³/mol. The third-order valence-corrected chi connectivity index (χ3v) is 5.67. The summed E-state index contributed by atoms with van der Waals surface area (Å²) in [7, 11) is 0. The fourth-order valence-electron chi connectivity index (χ4n) is 3.32. The number of nitrogens with zero attached hydrogens (tertiary/aromatic N) is 2. The molecule has 0 radical (unpaired) electrons. The lowest BCUT2D eigenvalue weighted by molar-refractivity contribution is 0.518. The Balaban J connectivity index is 2.14. The number of halogens is 2. The van der Waals surface area contributed by atoms with E-state index in [0.717, 1.165) is 29.0 Å². The zero-order chi connectivity index (χ0) is 15.0. The van der Waals surface area contributed by atoms with Gasteiger partial charge in [0.25, 0.3) is 0 Å². The van der Waals surface area contributed by atoms with Crippen molar-refractivity contribution in [3.05, 3.63) is 29.8 Å². The molecule has 1 heterocycles. The number of thioether (sulfide) groups is 1. The standard InChI is InChI=1S/C16H20ClFN2S/c1-3-21-15-6-4-5-13(15)20-14-9-11(18)7-8-12(14)19-16(20)10(2)17/h7-10,13,15H,3-6H2,1-2H3. The molecule has 0 aliphatic heterocycles. The summed E-state index contributed by atoms with van der Waals surface area (Å²) in [5.74, 6) is 1.76. The second-order valence-corrected chi connectivity index (χ2v) is 7.75. The molecule has 1 saturated carbocycles. The van der Waals surface area contributed by atoms with E-state index in [-0.39, 0.29) is 11.2 Å². The lowest BCUT2D eigenvalue weighted by Crippen LogP contribution is -2.19. The minimum Gasteiger partial charge on any atom is -0.322 e. The van der Waals surface area contributed by atoms with Crippen molar-refractivity contribution >= 4 is 34.4 Å². The first-order valence-corrected chi connectivity index (χ1v) is 9.03. The van der Waals surface area contributed by atoms with Crippen LogP contribution in [-0.4, -0.2) is 20.6 Å². The molecule has 1 aromatic heterocycles. The molecule has 3 unspecified atom stereocenters. The fourth-order valence-corrected chi connectivity index (χ4v) is 4.72. The number of rotatable bonds is 4. The Bertz CT molecular complexity index is 640. The van der Waals surface area contributed by atoms with Crippen molar-refractivity contribution in [3.8, 4) is 0 Å². The predicted octanol–water partition coefficient (Wildman–Crippen LogP) is 5.32. The van der Waals surface area contributed by atoms with Gasteiger partial charge in [-0.25, -0.2) is 9.37 Å². The summed E-state index contributed by atoms with van der Waals surface area (Å²) in [6, 6.07) is 5.19. The molecule has 2 nitrogen and oxygen atoms in total. The third-order valence-electron chi connectivity index (χ3n) is 4.16. The van der Waals surface area contributed by atoms with Crippen LogP contribution in [0.2, 0.25) is 0 Å². The second-order valence-electron chi connectivity index (χ2n) is 5.58. The van der Waals surface area contributed by atoms with E-state index in [9.17, 15) is 4.39 Å². The summed E-state index contributed by atoms with van der Waals surface area (Å²) in [5, 5.41) is 0.401. The molecule has 2 aromatic rings. The number of aromatic nitrogens is 2. The van der Waals surface area contributed by atoms with Crippen LogP contribution < -0.4 is 0 Å². The van der Waals surface area contributed by atoms with Crippen molar-refractivity contribution in [1.29, 1.82) is 0 Å². The van der Waals surface area contributed by atoms with Gasteiger partial charge in [0, 0.05) is 11.3 Å². The molecule has 1 aliphatic carbocycles. The number of imidazole rings is 1. The van der Waals surface area contributed by atoms with Crippen LogP contribution in [0.4, 0.5) is 4.39 Å². The smallest absolute Gasteiger partial charge is 0.128 e. The van der Waals surface area contributed by atoms with E-state index >= 15 is 0 Å². The van der Waals surface area contributed by atoms with E-state index in [2.05, 4.69) is 16.5 Å². The highest BCUT2D eigenvalue weighted by molar-refractivity contribution is 7.99. The Morgan fingerprint density at radius 1 is 1.48 bits per heavy atom. The molecule has 1 fully saturated rings. The van der Waals surface area contributed by atoms with Crippen LogP contribution in [0.25, 0.3) is 11.0 Å². The van der Waals surface area contributed by atoms with Gasteiger partial charge in [-0.2, -0.15) is 11.8 Å². The Hall–Kier alpha value is -0.740. The van der Waals surface area contributed by atoms with Crippen LogP contribution in [0.3, 0.4) is 0 Å². The fraction of sp³-hybridized carbons (Fsp3) is 0.562. The van der Waals surface area contributed by atoms with Crippen molar-refractivity contribution in [3.63, 3.8) is 0 Å². The minimum atomic E-state index is -0.213. The highest BCUT2D eigenvalue weighted by atomic mass is 35.5. The van der Waals surface area contributed by atoms with Crippen LogP contribution in [0, 0.1) is 5.82 Å². The maximum atomic E-state index is 13.7. The van der Waals surface area contributed by atoms with Crippen LogP contribution in [0.15, 0.2) is 18.2 Å². The first-order chi connectivity index (χ1) is 10.1. The molecule has 1 aromatic carbocycles. The molecule has 5 heteroatoms. The Morgan fingerprint density at radius 3 is 3.00 bits per heavy atom. The van der Waals surface area contributed by atoms with Gasteiger partial charge in [0.05, 0.1) is 16.4 Å². The largest absolute Gasteiger partial charge is 0.322 e. The van der Waals surface area contributed by atoms with Gasteiger partial charge < -0.3 is 4.57 Å². The Kier molecular flexibility index (Phi) is 4.46. The molecule has 0 amide bonds. The van der Waals surface area contributed by atoms with E-state index in [1.54, 1.807) is 12.1 Å². The van der Waals surface area contributed by atoms with Gasteiger partial charge in [-0.15, -0.1) is 11.6 Å². The topological polar surface area (TPSA) is 17.8 Å². The highest BCUT2D eigenvalue weighted by Gasteiger charge is 2.32. The number of hydrogen-bond acceptors (Lipinski definition) is 2. The molecule has 0 saturated heterocycles. The molecule has 3 rings (SSSR count). The molecule has 114 valence electrons. The average Bonchev–Trinajstić information content (AvgIpc) is 3.02. The van der Waals surface area contributed by atoms with Gasteiger partial charge in [-0.05, 0) is 43.7 Å². The van der Waals surface area contributed by atoms with Gasteiger partial charge >= 0.3 is 0 Å². The molecule has 21 heavy (non-hydrogen) atoms. The Labute approximate surface area is 134 Å². The van der Waals surface area contributed by atoms with Crippen molar-refractivity contribution in [1.82, 2.24) is 9.55 Å². The van der Waals surface area contributed by atoms with Gasteiger partial charge in [0.2, 0.25) is 0 Å². The van der Waals surface area contributed by atoms with Crippen LogP contribution in [0.5, 0.6) is 0 Å². The van der Waals surface area contributed by atoms with Crippen LogP contribution >= 0.6 is 23.4 Å². The molecule has 1 aliphatic rings. The van der Waals surface area contributed by atoms with E-state index in [1.807, 2.05) is 18.7 Å². The molecule has 3 atom stereocenters. The van der Waals surface area contributed by atoms with Crippen molar-refractivity contribution in [2.24, 2.45) is 0 Å². The van der Waals surface area contributed by atoms with Gasteiger partial charge in [-0.1, -0.05) is 13.3 Å². The summed E-state index contributed by atoms with van der Waals surface area (Å²) < 4.78 is 15.9. The monoisotopic (exact) mass is 326 g/mol. The molecule has 0 bridgehead atoms. The SMILES string of the molecule is CCSC1CCCC1n1c(C(C)Cl)nc2ccc(F)cc21. The zero-order valence-electron chi connectivity index (χ0n) is 12.4. The van der Waals surface area contributed by atoms with Gasteiger partial charge in [-0.3, -0.25) is 0 Å². The highest BCUT2D eigenvalue weighted by Crippen LogP contribution is 2.42. The van der Waals surface area contributed by atoms with E-state index in [1.165, 1.54) is 18.9 Å². The van der Waals surface area contributed by atoms with Gasteiger partial charge in [0.15, 0.2) is 0 Å². The second kappa shape index (κ2) is 6.17. The summed E-state index contributed by atoms with van der Waals surface area (Å²) in [6.07, 6.45) is 3.55. The maximum absolute atomic E-state index is 13.7. The lowest BCUT2D eigenvalue weighted by Gasteiger charge is -2.24. The normalized spacial score (nSPS) is 23.8. The number of alkyl halides is 1.